The van der Waals surface area contributed by atoms with Crippen LogP contribution in [0.25, 0.3) is 11.0 Å². The second kappa shape index (κ2) is 7.33. The number of carbonyl (C=O) groups is 1. The smallest absolute Gasteiger partial charge is 0.246 e. The Bertz CT molecular complexity index is 934. The van der Waals surface area contributed by atoms with Crippen molar-refractivity contribution >= 4 is 40.2 Å². The fourth-order valence-electron chi connectivity index (χ4n) is 3.21. The molecule has 3 aromatic rings. The highest BCUT2D eigenvalue weighted by Crippen LogP contribution is 2.25. The van der Waals surface area contributed by atoms with Crippen molar-refractivity contribution in [1.29, 1.82) is 0 Å². The average Bonchev–Trinajstić information content (AvgIpc) is 3.32. The minimum atomic E-state index is -0.130. The van der Waals surface area contributed by atoms with Crippen LogP contribution in [0.1, 0.15) is 12.8 Å². The van der Waals surface area contributed by atoms with Crippen LogP contribution >= 0.6 is 11.8 Å². The Hall–Kier alpha value is -2.61. The first kappa shape index (κ1) is 16.8. The van der Waals surface area contributed by atoms with Gasteiger partial charge in [0.05, 0.1) is 11.6 Å². The van der Waals surface area contributed by atoms with Gasteiger partial charge in [0.15, 0.2) is 5.65 Å². The number of hydrogen-bond donors (Lipinski definition) is 1. The Labute approximate surface area is 155 Å². The van der Waals surface area contributed by atoms with Crippen molar-refractivity contribution < 1.29 is 4.79 Å². The molecule has 26 heavy (non-hydrogen) atoms. The van der Waals surface area contributed by atoms with Gasteiger partial charge in [-0.05, 0) is 37.3 Å². The van der Waals surface area contributed by atoms with Crippen LogP contribution in [0.5, 0.6) is 0 Å². The van der Waals surface area contributed by atoms with Gasteiger partial charge in [0.2, 0.25) is 5.91 Å². The van der Waals surface area contributed by atoms with Crippen molar-refractivity contribution in [2.24, 2.45) is 0 Å². The molecule has 0 unspecified atom stereocenters. The summed E-state index contributed by atoms with van der Waals surface area (Å²) in [6, 6.07) is 7.78. The third-order valence-corrected chi connectivity index (χ3v) is 5.19. The molecule has 1 aliphatic heterocycles. The van der Waals surface area contributed by atoms with Crippen LogP contribution in [-0.4, -0.2) is 45.0 Å². The molecule has 134 valence electrons. The van der Waals surface area contributed by atoms with E-state index in [2.05, 4.69) is 25.3 Å². The molecule has 1 fully saturated rings. The Balaban J connectivity index is 1.53. The zero-order chi connectivity index (χ0) is 17.9. The molecule has 0 bridgehead atoms. The van der Waals surface area contributed by atoms with Gasteiger partial charge < -0.3 is 10.2 Å². The lowest BCUT2D eigenvalue weighted by atomic mass is 10.3. The van der Waals surface area contributed by atoms with Gasteiger partial charge in [-0.3, -0.25) is 4.79 Å². The highest BCUT2D eigenvalue weighted by molar-refractivity contribution is 7.98. The average molecular weight is 368 g/mol. The third-order valence-electron chi connectivity index (χ3n) is 4.47. The predicted octanol–water partition coefficient (Wildman–Crippen LogP) is 2.79. The lowest BCUT2D eigenvalue weighted by Gasteiger charge is -2.16. The number of thioether (sulfide) groups is 1. The first-order valence-electron chi connectivity index (χ1n) is 8.60. The molecule has 3 heterocycles. The van der Waals surface area contributed by atoms with Crippen LogP contribution in [0.2, 0.25) is 0 Å². The minimum Gasteiger partial charge on any atom is -0.356 e. The Morgan fingerprint density at radius 1 is 1.27 bits per heavy atom. The molecule has 0 aliphatic carbocycles. The summed E-state index contributed by atoms with van der Waals surface area (Å²) in [4.78, 5) is 24.6. The Kier molecular flexibility index (Phi) is 4.75. The molecule has 1 aliphatic rings. The second-order valence-electron chi connectivity index (χ2n) is 6.21. The third kappa shape index (κ3) is 3.37. The highest BCUT2D eigenvalue weighted by atomic mass is 32.2. The number of benzene rings is 1. The minimum absolute atomic E-state index is 0.115. The largest absolute Gasteiger partial charge is 0.356 e. The van der Waals surface area contributed by atoms with E-state index in [0.717, 1.165) is 34.9 Å². The molecular weight excluding hydrogens is 348 g/mol. The molecule has 1 aromatic carbocycles. The van der Waals surface area contributed by atoms with Gasteiger partial charge >= 0.3 is 0 Å². The fourth-order valence-corrected chi connectivity index (χ4v) is 3.67. The van der Waals surface area contributed by atoms with E-state index in [1.807, 2.05) is 30.5 Å². The number of nitrogens with one attached hydrogen (secondary N) is 1. The summed E-state index contributed by atoms with van der Waals surface area (Å²) in [7, 11) is 0. The molecule has 8 heteroatoms. The van der Waals surface area contributed by atoms with Crippen molar-refractivity contribution in [2.45, 2.75) is 24.3 Å². The van der Waals surface area contributed by atoms with Crippen molar-refractivity contribution in [3.05, 3.63) is 36.8 Å². The maximum atomic E-state index is 12.4. The number of amides is 1. The predicted molar refractivity (Wildman–Crippen MR) is 104 cm³/mol. The molecule has 7 nitrogen and oxygen atoms in total. The second-order valence-corrected chi connectivity index (χ2v) is 7.09. The lowest BCUT2D eigenvalue weighted by molar-refractivity contribution is -0.116. The number of aromatic nitrogens is 4. The van der Waals surface area contributed by atoms with Gasteiger partial charge in [0, 0.05) is 23.7 Å². The zero-order valence-electron chi connectivity index (χ0n) is 14.6. The molecule has 1 N–H and O–H groups in total. The molecular formula is C18H20N6OS. The van der Waals surface area contributed by atoms with Gasteiger partial charge in [-0.25, -0.2) is 14.6 Å². The number of nitrogens with zero attached hydrogens (tertiary/aromatic N) is 5. The van der Waals surface area contributed by atoms with E-state index >= 15 is 0 Å². The summed E-state index contributed by atoms with van der Waals surface area (Å²) >= 11 is 1.64. The summed E-state index contributed by atoms with van der Waals surface area (Å²) in [5.41, 5.74) is 1.47. The van der Waals surface area contributed by atoms with E-state index in [4.69, 9.17) is 0 Å². The van der Waals surface area contributed by atoms with Crippen molar-refractivity contribution in [1.82, 2.24) is 19.7 Å². The highest BCUT2D eigenvalue weighted by Gasteiger charge is 2.19. The van der Waals surface area contributed by atoms with Crippen LogP contribution < -0.4 is 10.2 Å². The summed E-state index contributed by atoms with van der Waals surface area (Å²) in [6.07, 6.45) is 7.67. The van der Waals surface area contributed by atoms with Crippen LogP contribution in [0.4, 0.5) is 11.5 Å². The van der Waals surface area contributed by atoms with Crippen molar-refractivity contribution in [2.75, 3.05) is 29.6 Å². The molecule has 0 spiro atoms. The SMILES string of the molecule is CSc1cccc(NC(=O)Cn2ncc3c(N4CCCC4)ncnc32)c1. The van der Waals surface area contributed by atoms with Crippen LogP contribution in [-0.2, 0) is 11.3 Å². The normalized spacial score (nSPS) is 14.1. The van der Waals surface area contributed by atoms with Gasteiger partial charge in [0.25, 0.3) is 0 Å². The molecule has 4 rings (SSSR count). The zero-order valence-corrected chi connectivity index (χ0v) is 15.4. The quantitative estimate of drug-likeness (QED) is 0.698. The first-order chi connectivity index (χ1) is 12.7. The summed E-state index contributed by atoms with van der Waals surface area (Å²) in [5.74, 6) is 0.779. The molecule has 2 aromatic heterocycles. The van der Waals surface area contributed by atoms with E-state index < -0.39 is 0 Å². The van der Waals surface area contributed by atoms with Gasteiger partial charge in [-0.15, -0.1) is 11.8 Å². The number of carbonyl (C=O) groups excluding carboxylic acids is 1. The summed E-state index contributed by atoms with van der Waals surface area (Å²) in [5, 5.41) is 8.18. The molecule has 1 saturated heterocycles. The summed E-state index contributed by atoms with van der Waals surface area (Å²) < 4.78 is 1.63. The number of hydrogen-bond acceptors (Lipinski definition) is 6. The standard InChI is InChI=1S/C18H20N6OS/c1-26-14-6-4-5-13(9-14)22-16(25)11-24-18-15(10-21-24)17(19-12-20-18)23-7-2-3-8-23/h4-6,9-10,12H,2-3,7-8,11H2,1H3,(H,22,25). The Morgan fingerprint density at radius 2 is 2.12 bits per heavy atom. The molecule has 0 atom stereocenters. The van der Waals surface area contributed by atoms with Crippen molar-refractivity contribution in [3.8, 4) is 0 Å². The molecule has 0 radical (unpaired) electrons. The Morgan fingerprint density at radius 3 is 2.92 bits per heavy atom. The monoisotopic (exact) mass is 368 g/mol. The van der Waals surface area contributed by atoms with E-state index in [1.165, 1.54) is 12.8 Å². The maximum Gasteiger partial charge on any atom is 0.246 e. The van der Waals surface area contributed by atoms with Gasteiger partial charge in [-0.2, -0.15) is 5.10 Å². The van der Waals surface area contributed by atoms with Gasteiger partial charge in [-0.1, -0.05) is 6.07 Å². The number of rotatable bonds is 5. The lowest BCUT2D eigenvalue weighted by Crippen LogP contribution is -2.20. The van der Waals surface area contributed by atoms with Gasteiger partial charge in [0.1, 0.15) is 18.7 Å². The van der Waals surface area contributed by atoms with E-state index in [9.17, 15) is 4.79 Å². The van der Waals surface area contributed by atoms with Crippen LogP contribution in [0.15, 0.2) is 41.7 Å². The van der Waals surface area contributed by atoms with E-state index in [1.54, 1.807) is 29.0 Å². The molecule has 1 amide bonds. The topological polar surface area (TPSA) is 75.9 Å². The van der Waals surface area contributed by atoms with Crippen LogP contribution in [0, 0.1) is 0 Å². The van der Waals surface area contributed by atoms with E-state index in [0.29, 0.717) is 5.65 Å². The first-order valence-corrected chi connectivity index (χ1v) is 9.82. The van der Waals surface area contributed by atoms with E-state index in [-0.39, 0.29) is 12.5 Å². The summed E-state index contributed by atoms with van der Waals surface area (Å²) in [6.45, 7) is 2.12. The maximum absolute atomic E-state index is 12.4. The number of anilines is 2. The molecule has 0 saturated carbocycles. The fraction of sp³-hybridized carbons (Fsp3) is 0.333. The van der Waals surface area contributed by atoms with Crippen molar-refractivity contribution in [3.63, 3.8) is 0 Å². The number of fused-ring (bicyclic) bond motifs is 1. The van der Waals surface area contributed by atoms with Crippen LogP contribution in [0.3, 0.4) is 0 Å².